The third kappa shape index (κ3) is 2.42. The molecule has 2 N–H and O–H groups in total. The Labute approximate surface area is 139 Å². The monoisotopic (exact) mass is 312 g/mol. The fourth-order valence-electron chi connectivity index (χ4n) is 5.61. The molecule has 1 saturated carbocycles. The van der Waals surface area contributed by atoms with Gasteiger partial charge in [-0.1, -0.05) is 37.0 Å². The second-order valence-electron chi connectivity index (χ2n) is 7.92. The first-order valence-electron chi connectivity index (χ1n) is 9.35. The number of aromatic hydroxyl groups is 1. The molecule has 3 aliphatic carbocycles. The third-order valence-corrected chi connectivity index (χ3v) is 6.60. The number of unbranched alkanes of at least 4 members (excludes halogenated alkanes) is 1. The summed E-state index contributed by atoms with van der Waals surface area (Å²) in [4.78, 5) is 0. The van der Waals surface area contributed by atoms with Gasteiger partial charge in [0.1, 0.15) is 5.75 Å². The number of benzene rings is 1. The summed E-state index contributed by atoms with van der Waals surface area (Å²) in [5.41, 5.74) is 6.33. The van der Waals surface area contributed by atoms with Crippen molar-refractivity contribution < 1.29 is 10.2 Å². The molecule has 0 amide bonds. The number of hydrogen-bond donors (Lipinski definition) is 2. The Balaban J connectivity index is 1.75. The zero-order chi connectivity index (χ0) is 16.0. The minimum absolute atomic E-state index is 0.130. The van der Waals surface area contributed by atoms with E-state index in [1.165, 1.54) is 43.2 Å². The highest BCUT2D eigenvalue weighted by molar-refractivity contribution is 5.48. The fraction of sp³-hybridized carbons (Fsp3) is 0.619. The zero-order valence-electron chi connectivity index (χ0n) is 14.1. The molecule has 0 heterocycles. The molecular formula is C21H28O2. The molecule has 2 nitrogen and oxygen atoms in total. The number of hydrogen-bond acceptors (Lipinski definition) is 2. The van der Waals surface area contributed by atoms with Crippen molar-refractivity contribution in [3.8, 4) is 5.75 Å². The molecule has 2 heteroatoms. The molecule has 1 aromatic rings. The number of aliphatic hydroxyl groups is 1. The van der Waals surface area contributed by atoms with Gasteiger partial charge in [-0.25, -0.2) is 0 Å². The van der Waals surface area contributed by atoms with Crippen molar-refractivity contribution in [3.63, 3.8) is 0 Å². The average Bonchev–Trinajstić information content (AvgIpc) is 2.89. The summed E-state index contributed by atoms with van der Waals surface area (Å²) in [7, 11) is 0. The summed E-state index contributed by atoms with van der Waals surface area (Å²) in [6, 6.07) is 5.94. The first-order valence-corrected chi connectivity index (χ1v) is 9.35. The molecule has 3 aliphatic rings. The van der Waals surface area contributed by atoms with Crippen molar-refractivity contribution in [1.29, 1.82) is 0 Å². The van der Waals surface area contributed by atoms with Crippen LogP contribution in [0.3, 0.4) is 0 Å². The summed E-state index contributed by atoms with van der Waals surface area (Å²) < 4.78 is 0. The zero-order valence-corrected chi connectivity index (χ0v) is 14.1. The second kappa shape index (κ2) is 5.66. The van der Waals surface area contributed by atoms with Crippen molar-refractivity contribution in [2.45, 2.75) is 76.7 Å². The standard InChI is InChI=1S/C21H28O2/c1-2-3-9-21-10-8-18-17-7-5-15(22)11-14(17)4-6-19(18)20(21)12-16(23)13-21/h5,7,11,16,18,22-23H,2-4,6,8-10,12-13H2,1H3. The van der Waals surface area contributed by atoms with E-state index < -0.39 is 0 Å². The lowest BCUT2D eigenvalue weighted by molar-refractivity contribution is 0.147. The highest BCUT2D eigenvalue weighted by atomic mass is 16.3. The van der Waals surface area contributed by atoms with Gasteiger partial charge in [0.25, 0.3) is 0 Å². The quantitative estimate of drug-likeness (QED) is 0.784. The molecule has 0 aromatic heterocycles. The van der Waals surface area contributed by atoms with E-state index in [1.54, 1.807) is 11.1 Å². The molecule has 3 unspecified atom stereocenters. The van der Waals surface area contributed by atoms with Crippen LogP contribution in [0.25, 0.3) is 0 Å². The van der Waals surface area contributed by atoms with Gasteiger partial charge in [0.05, 0.1) is 6.10 Å². The van der Waals surface area contributed by atoms with Crippen LogP contribution < -0.4 is 0 Å². The molecule has 23 heavy (non-hydrogen) atoms. The van der Waals surface area contributed by atoms with Crippen LogP contribution in [-0.4, -0.2) is 16.3 Å². The van der Waals surface area contributed by atoms with Crippen molar-refractivity contribution in [2.75, 3.05) is 0 Å². The number of rotatable bonds is 3. The van der Waals surface area contributed by atoms with Gasteiger partial charge in [-0.15, -0.1) is 0 Å². The van der Waals surface area contributed by atoms with Crippen molar-refractivity contribution >= 4 is 0 Å². The molecule has 0 radical (unpaired) electrons. The van der Waals surface area contributed by atoms with E-state index in [0.29, 0.717) is 17.1 Å². The maximum absolute atomic E-state index is 10.4. The van der Waals surface area contributed by atoms with Crippen LogP contribution in [0.4, 0.5) is 0 Å². The molecule has 0 spiro atoms. The normalized spacial score (nSPS) is 32.4. The number of phenolic OH excluding ortho intramolecular Hbond substituents is 1. The topological polar surface area (TPSA) is 40.5 Å². The Bertz CT molecular complexity index is 645. The molecule has 4 rings (SSSR count). The predicted molar refractivity (Wildman–Crippen MR) is 92.6 cm³/mol. The van der Waals surface area contributed by atoms with Crippen LogP contribution in [0.5, 0.6) is 5.75 Å². The molecule has 3 atom stereocenters. The summed E-state index contributed by atoms with van der Waals surface area (Å²) in [5.74, 6) is 0.929. The summed E-state index contributed by atoms with van der Waals surface area (Å²) in [5, 5.41) is 20.1. The van der Waals surface area contributed by atoms with Crippen molar-refractivity contribution in [2.24, 2.45) is 5.41 Å². The predicted octanol–water partition coefficient (Wildman–Crippen LogP) is 4.84. The maximum atomic E-state index is 10.4. The largest absolute Gasteiger partial charge is 0.508 e. The number of fused-ring (bicyclic) bond motifs is 4. The third-order valence-electron chi connectivity index (χ3n) is 6.60. The molecule has 0 aliphatic heterocycles. The van der Waals surface area contributed by atoms with Gasteiger partial charge in [-0.2, -0.15) is 0 Å². The Morgan fingerprint density at radius 3 is 2.96 bits per heavy atom. The first-order chi connectivity index (χ1) is 11.1. The molecular weight excluding hydrogens is 284 g/mol. The SMILES string of the molecule is CCCCC12CCC3C(=C1CC(O)C2)CCc1cc(O)ccc13. The molecule has 0 saturated heterocycles. The van der Waals surface area contributed by atoms with E-state index >= 15 is 0 Å². The Morgan fingerprint density at radius 1 is 1.26 bits per heavy atom. The van der Waals surface area contributed by atoms with Gasteiger partial charge >= 0.3 is 0 Å². The minimum Gasteiger partial charge on any atom is -0.508 e. The van der Waals surface area contributed by atoms with Crippen LogP contribution in [0.15, 0.2) is 29.3 Å². The summed E-state index contributed by atoms with van der Waals surface area (Å²) >= 11 is 0. The number of allylic oxidation sites excluding steroid dienone is 1. The number of aliphatic hydroxyl groups excluding tert-OH is 1. The summed E-state index contributed by atoms with van der Waals surface area (Å²) in [6.45, 7) is 2.27. The van der Waals surface area contributed by atoms with Gasteiger partial charge in [-0.3, -0.25) is 0 Å². The number of phenols is 1. The molecule has 0 bridgehead atoms. The fourth-order valence-corrected chi connectivity index (χ4v) is 5.61. The van der Waals surface area contributed by atoms with E-state index in [1.807, 2.05) is 12.1 Å². The minimum atomic E-state index is -0.130. The smallest absolute Gasteiger partial charge is 0.115 e. The molecule has 1 aromatic carbocycles. The van der Waals surface area contributed by atoms with E-state index in [4.69, 9.17) is 0 Å². The first kappa shape index (κ1) is 15.3. The Morgan fingerprint density at radius 2 is 2.13 bits per heavy atom. The van der Waals surface area contributed by atoms with E-state index in [9.17, 15) is 10.2 Å². The van der Waals surface area contributed by atoms with Gasteiger partial charge in [0.15, 0.2) is 0 Å². The Hall–Kier alpha value is -1.28. The average molecular weight is 312 g/mol. The van der Waals surface area contributed by atoms with Crippen molar-refractivity contribution in [1.82, 2.24) is 0 Å². The van der Waals surface area contributed by atoms with Crippen LogP contribution >= 0.6 is 0 Å². The highest BCUT2D eigenvalue weighted by Gasteiger charge is 2.48. The van der Waals surface area contributed by atoms with E-state index in [0.717, 1.165) is 25.7 Å². The lowest BCUT2D eigenvalue weighted by atomic mass is 9.61. The lowest BCUT2D eigenvalue weighted by Gasteiger charge is -2.43. The van der Waals surface area contributed by atoms with Gasteiger partial charge < -0.3 is 10.2 Å². The lowest BCUT2D eigenvalue weighted by Crippen LogP contribution is -2.29. The molecule has 1 fully saturated rings. The summed E-state index contributed by atoms with van der Waals surface area (Å²) in [6.07, 6.45) is 10.1. The van der Waals surface area contributed by atoms with E-state index in [-0.39, 0.29) is 6.10 Å². The Kier molecular flexibility index (Phi) is 3.76. The number of aryl methyl sites for hydroxylation is 1. The maximum Gasteiger partial charge on any atom is 0.115 e. The highest BCUT2D eigenvalue weighted by Crippen LogP contribution is 2.59. The van der Waals surface area contributed by atoms with Crippen LogP contribution in [0, 0.1) is 5.41 Å². The van der Waals surface area contributed by atoms with Gasteiger partial charge in [0.2, 0.25) is 0 Å². The van der Waals surface area contributed by atoms with Gasteiger partial charge in [-0.05, 0) is 73.6 Å². The van der Waals surface area contributed by atoms with Gasteiger partial charge in [0, 0.05) is 5.92 Å². The van der Waals surface area contributed by atoms with Crippen LogP contribution in [-0.2, 0) is 6.42 Å². The van der Waals surface area contributed by atoms with Crippen molar-refractivity contribution in [3.05, 3.63) is 40.5 Å². The molecule has 124 valence electrons. The van der Waals surface area contributed by atoms with E-state index in [2.05, 4.69) is 13.0 Å². The van der Waals surface area contributed by atoms with Crippen LogP contribution in [0.2, 0.25) is 0 Å². The van der Waals surface area contributed by atoms with Crippen LogP contribution in [0.1, 0.15) is 75.3 Å². The second-order valence-corrected chi connectivity index (χ2v) is 7.92.